The summed E-state index contributed by atoms with van der Waals surface area (Å²) in [5, 5.41) is -0.571. The highest BCUT2D eigenvalue weighted by Gasteiger charge is 2.22. The van der Waals surface area contributed by atoms with Crippen LogP contribution in [0.1, 0.15) is 6.92 Å². The summed E-state index contributed by atoms with van der Waals surface area (Å²) in [4.78, 5) is 16.7. The number of H-pyrrole nitrogens is 1. The zero-order valence-electron chi connectivity index (χ0n) is 9.43. The highest BCUT2D eigenvalue weighted by molar-refractivity contribution is 6.33. The Bertz CT molecular complexity index is 479. The summed E-state index contributed by atoms with van der Waals surface area (Å²) in [5.41, 5.74) is 0.799. The van der Waals surface area contributed by atoms with Gasteiger partial charge in [-0.3, -0.25) is 9.69 Å². The maximum Gasteiger partial charge on any atom is 0.250 e. The third-order valence-corrected chi connectivity index (χ3v) is 2.58. The Morgan fingerprint density at radius 1 is 1.24 bits per heavy atom. The zero-order valence-corrected chi connectivity index (χ0v) is 10.2. The number of para-hydroxylation sites is 1. The molecule has 0 saturated heterocycles. The molecule has 1 atom stereocenters. The molecule has 0 radical (unpaired) electrons. The van der Waals surface area contributed by atoms with Gasteiger partial charge in [-0.1, -0.05) is 18.2 Å². The molecule has 0 bridgehead atoms. The molecule has 1 unspecified atom stereocenters. The number of aromatic amines is 1. The van der Waals surface area contributed by atoms with Crippen molar-refractivity contribution in [2.45, 2.75) is 12.3 Å². The second-order valence-electron chi connectivity index (χ2n) is 3.68. The van der Waals surface area contributed by atoms with Crippen molar-refractivity contribution in [1.29, 1.82) is 0 Å². The zero-order chi connectivity index (χ0) is 12.3. The number of benzene rings is 1. The lowest BCUT2D eigenvalue weighted by molar-refractivity contribution is -0.117. The van der Waals surface area contributed by atoms with E-state index in [0.29, 0.717) is 5.82 Å². The van der Waals surface area contributed by atoms with Crippen molar-refractivity contribution in [1.82, 2.24) is 4.98 Å². The minimum atomic E-state index is -0.571. The van der Waals surface area contributed by atoms with Gasteiger partial charge >= 0.3 is 0 Å². The normalized spacial score (nSPS) is 12.1. The molecule has 0 fully saturated rings. The number of carbonyl (C=O) groups excluding carboxylic acids is 1. The average Bonchev–Trinajstić information content (AvgIpc) is 2.84. The highest BCUT2D eigenvalue weighted by Crippen LogP contribution is 2.25. The lowest BCUT2D eigenvalue weighted by Gasteiger charge is -2.22. The predicted octanol–water partition coefficient (Wildman–Crippen LogP) is 3.31. The molecule has 4 heteroatoms. The number of hydrogen-bond acceptors (Lipinski definition) is 1. The van der Waals surface area contributed by atoms with Crippen molar-refractivity contribution in [2.75, 3.05) is 4.90 Å². The standard InChI is InChI=1S/C13H13ClN2O/c1-10(14)13(17)16(12-8-5-9-15-12)11-6-3-2-4-7-11/h2-10,15H,1H3. The van der Waals surface area contributed by atoms with Gasteiger partial charge in [-0.2, -0.15) is 0 Å². The molecular formula is C13H13ClN2O. The first kappa shape index (κ1) is 11.7. The van der Waals surface area contributed by atoms with Gasteiger partial charge in [0.2, 0.25) is 5.91 Å². The summed E-state index contributed by atoms with van der Waals surface area (Å²) in [7, 11) is 0. The van der Waals surface area contributed by atoms with E-state index < -0.39 is 5.38 Å². The monoisotopic (exact) mass is 248 g/mol. The molecule has 1 aromatic heterocycles. The number of anilines is 2. The van der Waals surface area contributed by atoms with Crippen LogP contribution < -0.4 is 4.90 Å². The van der Waals surface area contributed by atoms with Crippen LogP contribution in [0, 0.1) is 0 Å². The van der Waals surface area contributed by atoms with Crippen LogP contribution in [0.5, 0.6) is 0 Å². The maximum atomic E-state index is 12.1. The van der Waals surface area contributed by atoms with Crippen LogP contribution in [-0.4, -0.2) is 16.3 Å². The van der Waals surface area contributed by atoms with Gasteiger partial charge in [-0.25, -0.2) is 0 Å². The number of amides is 1. The molecule has 2 rings (SSSR count). The summed E-state index contributed by atoms with van der Waals surface area (Å²) in [5.74, 6) is 0.564. The summed E-state index contributed by atoms with van der Waals surface area (Å²) >= 11 is 5.88. The quantitative estimate of drug-likeness (QED) is 0.832. The average molecular weight is 249 g/mol. The first-order valence-electron chi connectivity index (χ1n) is 5.36. The summed E-state index contributed by atoms with van der Waals surface area (Å²) in [6, 6.07) is 13.1. The predicted molar refractivity (Wildman–Crippen MR) is 69.7 cm³/mol. The van der Waals surface area contributed by atoms with Gasteiger partial charge in [-0.05, 0) is 31.2 Å². The first-order chi connectivity index (χ1) is 8.20. The molecule has 0 aliphatic carbocycles. The SMILES string of the molecule is CC(Cl)C(=O)N(c1ccccc1)c1ccc[nH]1. The van der Waals surface area contributed by atoms with Crippen LogP contribution in [0.4, 0.5) is 11.5 Å². The summed E-state index contributed by atoms with van der Waals surface area (Å²) in [6.07, 6.45) is 1.78. The number of alkyl halides is 1. The number of aromatic nitrogens is 1. The molecule has 1 amide bonds. The Kier molecular flexibility index (Phi) is 3.49. The fraction of sp³-hybridized carbons (Fsp3) is 0.154. The van der Waals surface area contributed by atoms with E-state index >= 15 is 0 Å². The molecule has 0 spiro atoms. The Morgan fingerprint density at radius 3 is 2.47 bits per heavy atom. The van der Waals surface area contributed by atoms with E-state index in [1.807, 2.05) is 42.5 Å². The van der Waals surface area contributed by atoms with E-state index in [1.54, 1.807) is 18.0 Å². The number of halogens is 1. The van der Waals surface area contributed by atoms with Crippen LogP contribution in [0.15, 0.2) is 48.7 Å². The molecule has 0 aliphatic heterocycles. The third-order valence-electron chi connectivity index (χ3n) is 2.40. The molecule has 88 valence electrons. The van der Waals surface area contributed by atoms with Crippen molar-refractivity contribution in [2.24, 2.45) is 0 Å². The van der Waals surface area contributed by atoms with Crippen molar-refractivity contribution in [3.8, 4) is 0 Å². The second kappa shape index (κ2) is 5.06. The van der Waals surface area contributed by atoms with E-state index in [2.05, 4.69) is 4.98 Å². The number of nitrogens with zero attached hydrogens (tertiary/aromatic N) is 1. The molecule has 17 heavy (non-hydrogen) atoms. The molecule has 1 N–H and O–H groups in total. The molecule has 1 aromatic carbocycles. The smallest absolute Gasteiger partial charge is 0.250 e. The fourth-order valence-corrected chi connectivity index (χ4v) is 1.70. The first-order valence-corrected chi connectivity index (χ1v) is 5.80. The number of hydrogen-bond donors (Lipinski definition) is 1. The molecule has 2 aromatic rings. The van der Waals surface area contributed by atoms with Crippen molar-refractivity contribution < 1.29 is 4.79 Å². The van der Waals surface area contributed by atoms with E-state index in [4.69, 9.17) is 11.6 Å². The van der Waals surface area contributed by atoms with E-state index in [0.717, 1.165) is 5.69 Å². The fourth-order valence-electron chi connectivity index (χ4n) is 1.60. The van der Waals surface area contributed by atoms with Crippen LogP contribution >= 0.6 is 11.6 Å². The van der Waals surface area contributed by atoms with E-state index in [-0.39, 0.29) is 5.91 Å². The minimum Gasteiger partial charge on any atom is -0.348 e. The molecular weight excluding hydrogens is 236 g/mol. The van der Waals surface area contributed by atoms with E-state index in [1.165, 1.54) is 0 Å². The summed E-state index contributed by atoms with van der Waals surface area (Å²) < 4.78 is 0. The van der Waals surface area contributed by atoms with Gasteiger partial charge in [0.05, 0.1) is 5.69 Å². The topological polar surface area (TPSA) is 36.1 Å². The van der Waals surface area contributed by atoms with Crippen LogP contribution in [0.25, 0.3) is 0 Å². The maximum absolute atomic E-state index is 12.1. The number of nitrogens with one attached hydrogen (secondary N) is 1. The lowest BCUT2D eigenvalue weighted by Crippen LogP contribution is -2.31. The van der Waals surface area contributed by atoms with Crippen LogP contribution in [-0.2, 0) is 4.79 Å². The third kappa shape index (κ3) is 2.50. The van der Waals surface area contributed by atoms with Gasteiger partial charge in [0.15, 0.2) is 0 Å². The van der Waals surface area contributed by atoms with Gasteiger partial charge in [0.25, 0.3) is 0 Å². The van der Waals surface area contributed by atoms with Crippen molar-refractivity contribution in [3.05, 3.63) is 48.7 Å². The highest BCUT2D eigenvalue weighted by atomic mass is 35.5. The van der Waals surface area contributed by atoms with Crippen molar-refractivity contribution in [3.63, 3.8) is 0 Å². The van der Waals surface area contributed by atoms with Gasteiger partial charge in [0.1, 0.15) is 11.2 Å². The second-order valence-corrected chi connectivity index (χ2v) is 4.34. The Morgan fingerprint density at radius 2 is 1.94 bits per heavy atom. The van der Waals surface area contributed by atoms with Crippen LogP contribution in [0.3, 0.4) is 0 Å². The Balaban J connectivity index is 2.42. The summed E-state index contributed by atoms with van der Waals surface area (Å²) in [6.45, 7) is 1.67. The Labute approximate surface area is 105 Å². The van der Waals surface area contributed by atoms with Crippen LogP contribution in [0.2, 0.25) is 0 Å². The van der Waals surface area contributed by atoms with E-state index in [9.17, 15) is 4.79 Å². The molecule has 1 heterocycles. The number of rotatable bonds is 3. The Hall–Kier alpha value is -1.74. The lowest BCUT2D eigenvalue weighted by atomic mass is 10.2. The molecule has 3 nitrogen and oxygen atoms in total. The molecule has 0 aliphatic rings. The van der Waals surface area contributed by atoms with Gasteiger partial charge < -0.3 is 4.98 Å². The van der Waals surface area contributed by atoms with Gasteiger partial charge in [-0.15, -0.1) is 11.6 Å². The number of carbonyl (C=O) groups is 1. The van der Waals surface area contributed by atoms with Gasteiger partial charge in [0, 0.05) is 6.20 Å². The molecule has 0 saturated carbocycles. The van der Waals surface area contributed by atoms with Crippen molar-refractivity contribution >= 4 is 29.0 Å². The minimum absolute atomic E-state index is 0.152. The largest absolute Gasteiger partial charge is 0.348 e.